The van der Waals surface area contributed by atoms with E-state index in [0.29, 0.717) is 28.5 Å². The average Bonchev–Trinajstić information content (AvgIpc) is 3.23. The molecule has 0 radical (unpaired) electrons. The van der Waals surface area contributed by atoms with Crippen LogP contribution in [0, 0.1) is 6.92 Å². The number of thioether (sulfide) groups is 1. The summed E-state index contributed by atoms with van der Waals surface area (Å²) >= 11 is 2.82. The third-order valence-corrected chi connectivity index (χ3v) is 6.44. The maximum Gasteiger partial charge on any atom is 0.407 e. The van der Waals surface area contributed by atoms with Gasteiger partial charge in [-0.15, -0.1) is 15.3 Å². The minimum Gasteiger partial charge on any atom is -0.444 e. The number of rotatable bonds is 9. The highest BCUT2D eigenvalue weighted by Gasteiger charge is 2.16. The molecular formula is C19H27N7O4S2. The highest BCUT2D eigenvalue weighted by atomic mass is 32.2. The third-order valence-electron chi connectivity index (χ3n) is 4.38. The van der Waals surface area contributed by atoms with Gasteiger partial charge in [-0.25, -0.2) is 9.59 Å². The number of nitrogens with one attached hydrogen (secondary N) is 3. The van der Waals surface area contributed by atoms with Crippen molar-refractivity contribution in [2.24, 2.45) is 0 Å². The summed E-state index contributed by atoms with van der Waals surface area (Å²) in [6.07, 6.45) is 2.98. The van der Waals surface area contributed by atoms with E-state index in [9.17, 15) is 14.4 Å². The van der Waals surface area contributed by atoms with Crippen LogP contribution in [0.25, 0.3) is 4.96 Å². The molecule has 0 aromatic carbocycles. The lowest BCUT2D eigenvalue weighted by atomic mass is 10.2. The van der Waals surface area contributed by atoms with Gasteiger partial charge in [0.05, 0.1) is 0 Å². The van der Waals surface area contributed by atoms with Crippen molar-refractivity contribution < 1.29 is 9.53 Å². The standard InChI is InChI=1S/C19H27N7O4S2/c1-11-12(14(27)22-15(28)21-11)10-31-18-25-26-13(23-24-16(26)32-18)8-6-5-7-9-20-17(29)30-19(2,3)4/h5-10H2,1-4H3,(H,20,29)(H2,21,22,27,28). The molecule has 3 aromatic rings. The second-order valence-electron chi connectivity index (χ2n) is 8.22. The van der Waals surface area contributed by atoms with Crippen LogP contribution in [-0.2, 0) is 16.9 Å². The van der Waals surface area contributed by atoms with E-state index in [2.05, 4.69) is 30.6 Å². The van der Waals surface area contributed by atoms with Gasteiger partial charge in [-0.1, -0.05) is 29.5 Å². The normalized spacial score (nSPS) is 11.8. The number of H-pyrrole nitrogens is 2. The number of alkyl carbamates (subject to hydrolysis) is 1. The van der Waals surface area contributed by atoms with Crippen LogP contribution >= 0.6 is 23.1 Å². The molecule has 174 valence electrons. The van der Waals surface area contributed by atoms with Crippen LogP contribution in [0.2, 0.25) is 0 Å². The summed E-state index contributed by atoms with van der Waals surface area (Å²) in [5, 5.41) is 15.7. The zero-order valence-corrected chi connectivity index (χ0v) is 20.1. The average molecular weight is 482 g/mol. The summed E-state index contributed by atoms with van der Waals surface area (Å²) < 4.78 is 7.70. The molecule has 13 heteroatoms. The molecule has 32 heavy (non-hydrogen) atoms. The number of aryl methyl sites for hydroxylation is 2. The molecule has 0 fully saturated rings. The molecule has 0 spiro atoms. The Balaban J connectivity index is 1.46. The predicted molar refractivity (Wildman–Crippen MR) is 122 cm³/mol. The minimum absolute atomic E-state index is 0.386. The maximum atomic E-state index is 12.0. The fraction of sp³-hybridized carbons (Fsp3) is 0.579. The first-order valence-corrected chi connectivity index (χ1v) is 12.1. The van der Waals surface area contributed by atoms with Gasteiger partial charge < -0.3 is 15.0 Å². The van der Waals surface area contributed by atoms with Gasteiger partial charge >= 0.3 is 11.8 Å². The van der Waals surface area contributed by atoms with Gasteiger partial charge in [0, 0.05) is 30.0 Å². The molecule has 3 rings (SSSR count). The molecule has 0 saturated heterocycles. The topological polar surface area (TPSA) is 147 Å². The number of carbonyl (C=O) groups is 1. The number of carbonyl (C=O) groups excluding carboxylic acids is 1. The second-order valence-corrected chi connectivity index (χ2v) is 10.4. The zero-order valence-electron chi connectivity index (χ0n) is 18.5. The van der Waals surface area contributed by atoms with E-state index in [4.69, 9.17) is 4.74 Å². The van der Waals surface area contributed by atoms with E-state index in [1.54, 1.807) is 11.4 Å². The van der Waals surface area contributed by atoms with Crippen molar-refractivity contribution >= 4 is 34.2 Å². The van der Waals surface area contributed by atoms with Crippen LogP contribution < -0.4 is 16.6 Å². The van der Waals surface area contributed by atoms with Crippen LogP contribution in [0.4, 0.5) is 4.79 Å². The quantitative estimate of drug-likeness (QED) is 0.312. The largest absolute Gasteiger partial charge is 0.444 e. The van der Waals surface area contributed by atoms with Gasteiger partial charge in [0.25, 0.3) is 5.56 Å². The number of hydrogen-bond acceptors (Lipinski definition) is 9. The van der Waals surface area contributed by atoms with Gasteiger partial charge in [0.15, 0.2) is 10.2 Å². The Bertz CT molecular complexity index is 1190. The van der Waals surface area contributed by atoms with Crippen LogP contribution in [0.3, 0.4) is 0 Å². The molecule has 11 nitrogen and oxygen atoms in total. The monoisotopic (exact) mass is 481 g/mol. The van der Waals surface area contributed by atoms with Gasteiger partial charge in [0.1, 0.15) is 5.60 Å². The Morgan fingerprint density at radius 1 is 1.19 bits per heavy atom. The number of unbranched alkanes of at least 4 members (excludes halogenated alkanes) is 2. The summed E-state index contributed by atoms with van der Waals surface area (Å²) in [6.45, 7) is 7.76. The Morgan fingerprint density at radius 2 is 1.97 bits per heavy atom. The number of fused-ring (bicyclic) bond motifs is 1. The summed E-state index contributed by atoms with van der Waals surface area (Å²) in [5.74, 6) is 1.17. The molecule has 3 heterocycles. The number of hydrogen-bond donors (Lipinski definition) is 3. The van der Waals surface area contributed by atoms with E-state index in [-0.39, 0.29) is 5.56 Å². The molecule has 0 aliphatic carbocycles. The summed E-state index contributed by atoms with van der Waals surface area (Å²) in [6, 6.07) is 0. The second kappa shape index (κ2) is 10.3. The minimum atomic E-state index is -0.509. The fourth-order valence-corrected chi connectivity index (χ4v) is 4.86. The van der Waals surface area contributed by atoms with Crippen molar-refractivity contribution in [3.8, 4) is 0 Å². The van der Waals surface area contributed by atoms with Gasteiger partial charge in [-0.05, 0) is 40.5 Å². The first-order chi connectivity index (χ1) is 15.1. The maximum absolute atomic E-state index is 12.0. The lowest BCUT2D eigenvalue weighted by Gasteiger charge is -2.19. The number of amides is 1. The van der Waals surface area contributed by atoms with Crippen molar-refractivity contribution in [2.45, 2.75) is 69.1 Å². The van der Waals surface area contributed by atoms with Crippen molar-refractivity contribution in [3.05, 3.63) is 37.9 Å². The van der Waals surface area contributed by atoms with Crippen LogP contribution in [0.15, 0.2) is 13.9 Å². The van der Waals surface area contributed by atoms with Crippen molar-refractivity contribution in [2.75, 3.05) is 6.54 Å². The SMILES string of the molecule is Cc1[nH]c(=O)[nH]c(=O)c1CSc1nn2c(CCCCCNC(=O)OC(C)(C)C)nnc2s1. The molecule has 3 N–H and O–H groups in total. The fourth-order valence-electron chi connectivity index (χ4n) is 2.88. The predicted octanol–water partition coefficient (Wildman–Crippen LogP) is 2.40. The first-order valence-electron chi connectivity index (χ1n) is 10.3. The molecule has 1 amide bonds. The zero-order chi connectivity index (χ0) is 23.3. The number of aromatic nitrogens is 6. The van der Waals surface area contributed by atoms with Crippen LogP contribution in [0.1, 0.15) is 57.1 Å². The number of nitrogens with zero attached hydrogens (tertiary/aromatic N) is 4. The Morgan fingerprint density at radius 3 is 2.69 bits per heavy atom. The van der Waals surface area contributed by atoms with E-state index in [0.717, 1.165) is 35.8 Å². The van der Waals surface area contributed by atoms with Crippen LogP contribution in [-0.4, -0.2) is 48.0 Å². The lowest BCUT2D eigenvalue weighted by Crippen LogP contribution is -2.32. The molecule has 0 bridgehead atoms. The lowest BCUT2D eigenvalue weighted by molar-refractivity contribution is 0.0527. The highest BCUT2D eigenvalue weighted by molar-refractivity contribution is 8.00. The van der Waals surface area contributed by atoms with E-state index < -0.39 is 17.4 Å². The first kappa shape index (κ1) is 24.0. The third kappa shape index (κ3) is 6.66. The molecule has 3 aromatic heterocycles. The molecule has 0 aliphatic rings. The van der Waals surface area contributed by atoms with Gasteiger partial charge in [-0.2, -0.15) is 4.52 Å². The smallest absolute Gasteiger partial charge is 0.407 e. The molecular weight excluding hydrogens is 454 g/mol. The molecule has 0 unspecified atom stereocenters. The number of aromatic amines is 2. The van der Waals surface area contributed by atoms with Crippen molar-refractivity contribution in [1.82, 2.24) is 35.1 Å². The Labute approximate surface area is 192 Å². The Kier molecular flexibility index (Phi) is 7.72. The molecule has 0 saturated carbocycles. The van der Waals surface area contributed by atoms with E-state index >= 15 is 0 Å². The highest BCUT2D eigenvalue weighted by Crippen LogP contribution is 2.27. The van der Waals surface area contributed by atoms with Crippen molar-refractivity contribution in [1.29, 1.82) is 0 Å². The van der Waals surface area contributed by atoms with Crippen LogP contribution in [0.5, 0.6) is 0 Å². The summed E-state index contributed by atoms with van der Waals surface area (Å²) in [7, 11) is 0. The van der Waals surface area contributed by atoms with Gasteiger partial charge in [-0.3, -0.25) is 9.78 Å². The Hall–Kier alpha value is -2.67. The summed E-state index contributed by atoms with van der Waals surface area (Å²) in [4.78, 5) is 40.5. The van der Waals surface area contributed by atoms with E-state index in [1.807, 2.05) is 20.8 Å². The van der Waals surface area contributed by atoms with E-state index in [1.165, 1.54) is 23.1 Å². The van der Waals surface area contributed by atoms with Gasteiger partial charge in [0.2, 0.25) is 4.96 Å². The number of ether oxygens (including phenoxy) is 1. The summed E-state index contributed by atoms with van der Waals surface area (Å²) in [5.41, 5.74) is -0.326. The molecule has 0 aliphatic heterocycles. The van der Waals surface area contributed by atoms with Crippen molar-refractivity contribution in [3.63, 3.8) is 0 Å². The molecule has 0 atom stereocenters.